The smallest absolute Gasteiger partial charge is 0.322 e. The van der Waals surface area contributed by atoms with E-state index < -0.39 is 0 Å². The van der Waals surface area contributed by atoms with E-state index in [-0.39, 0.29) is 0 Å². The van der Waals surface area contributed by atoms with Gasteiger partial charge in [0.2, 0.25) is 5.82 Å². The third-order valence-electron chi connectivity index (χ3n) is 1.93. The van der Waals surface area contributed by atoms with Gasteiger partial charge in [0.1, 0.15) is 0 Å². The van der Waals surface area contributed by atoms with Gasteiger partial charge in [-0.15, -0.1) is 6.58 Å². The first-order chi connectivity index (χ1) is 7.79. The molecule has 2 aromatic rings. The van der Waals surface area contributed by atoms with Crippen LogP contribution in [-0.2, 0) is 0 Å². The summed E-state index contributed by atoms with van der Waals surface area (Å²) in [6.45, 7) is 4.17. The van der Waals surface area contributed by atoms with Crippen molar-refractivity contribution in [2.45, 2.75) is 0 Å². The second kappa shape index (κ2) is 4.81. The van der Waals surface area contributed by atoms with Crippen molar-refractivity contribution in [3.63, 3.8) is 0 Å². The molecule has 0 saturated heterocycles. The molecule has 1 N–H and O–H groups in total. The van der Waals surface area contributed by atoms with Crippen LogP contribution in [0.4, 0.5) is 6.01 Å². The van der Waals surface area contributed by atoms with Gasteiger partial charge in [-0.25, -0.2) is 0 Å². The van der Waals surface area contributed by atoms with Crippen molar-refractivity contribution >= 4 is 17.6 Å². The molecular weight excluding hydrogens is 226 g/mol. The number of rotatable bonds is 4. The number of hydrogen-bond acceptors (Lipinski definition) is 4. The summed E-state index contributed by atoms with van der Waals surface area (Å²) in [5.41, 5.74) is 0.861. The molecule has 0 radical (unpaired) electrons. The highest BCUT2D eigenvalue weighted by atomic mass is 35.5. The summed E-state index contributed by atoms with van der Waals surface area (Å²) in [5, 5.41) is 7.43. The molecule has 82 valence electrons. The van der Waals surface area contributed by atoms with Crippen LogP contribution in [0.3, 0.4) is 0 Å². The van der Waals surface area contributed by atoms with Crippen LogP contribution in [0, 0.1) is 0 Å². The lowest BCUT2D eigenvalue weighted by atomic mass is 10.2. The minimum absolute atomic E-state index is 0.379. The fraction of sp³-hybridized carbons (Fsp3) is 0.0909. The summed E-state index contributed by atoms with van der Waals surface area (Å²) in [6, 6.07) is 7.62. The topological polar surface area (TPSA) is 51.0 Å². The van der Waals surface area contributed by atoms with E-state index >= 15 is 0 Å². The Morgan fingerprint density at radius 3 is 2.81 bits per heavy atom. The first-order valence-corrected chi connectivity index (χ1v) is 5.12. The summed E-state index contributed by atoms with van der Waals surface area (Å²) >= 11 is 5.79. The minimum atomic E-state index is 0.379. The third kappa shape index (κ3) is 2.41. The molecule has 0 unspecified atom stereocenters. The molecule has 1 aromatic carbocycles. The molecule has 0 saturated carbocycles. The number of nitrogens with zero attached hydrogens (tertiary/aromatic N) is 2. The SMILES string of the molecule is C=CCNc1nc(-c2ccc(Cl)cc2)no1. The Kier molecular flexibility index (Phi) is 3.22. The number of halogens is 1. The third-order valence-corrected chi connectivity index (χ3v) is 2.18. The molecule has 0 aliphatic carbocycles. The molecule has 0 amide bonds. The quantitative estimate of drug-likeness (QED) is 0.828. The van der Waals surface area contributed by atoms with Gasteiger partial charge in [-0.3, -0.25) is 0 Å². The zero-order valence-electron chi connectivity index (χ0n) is 8.48. The van der Waals surface area contributed by atoms with Crippen molar-refractivity contribution in [2.75, 3.05) is 11.9 Å². The second-order valence-corrected chi connectivity index (χ2v) is 3.54. The largest absolute Gasteiger partial charge is 0.334 e. The first-order valence-electron chi connectivity index (χ1n) is 4.74. The van der Waals surface area contributed by atoms with Gasteiger partial charge in [0.15, 0.2) is 0 Å². The highest BCUT2D eigenvalue weighted by Gasteiger charge is 2.06. The van der Waals surface area contributed by atoms with Crippen molar-refractivity contribution in [1.82, 2.24) is 10.1 Å². The van der Waals surface area contributed by atoms with Crippen molar-refractivity contribution in [3.05, 3.63) is 41.9 Å². The van der Waals surface area contributed by atoms with E-state index in [4.69, 9.17) is 16.1 Å². The maximum atomic E-state index is 5.79. The van der Waals surface area contributed by atoms with Crippen LogP contribution in [-0.4, -0.2) is 16.7 Å². The Bertz CT molecular complexity index is 478. The van der Waals surface area contributed by atoms with Crippen LogP contribution in [0.2, 0.25) is 5.02 Å². The van der Waals surface area contributed by atoms with Crippen LogP contribution < -0.4 is 5.32 Å². The molecule has 2 rings (SSSR count). The Balaban J connectivity index is 2.17. The number of hydrogen-bond donors (Lipinski definition) is 1. The first kappa shape index (κ1) is 10.7. The Morgan fingerprint density at radius 1 is 1.38 bits per heavy atom. The average Bonchev–Trinajstić information content (AvgIpc) is 2.76. The van der Waals surface area contributed by atoms with E-state index in [2.05, 4.69) is 22.0 Å². The molecule has 0 aliphatic rings. The minimum Gasteiger partial charge on any atom is -0.334 e. The van der Waals surface area contributed by atoms with E-state index in [1.165, 1.54) is 0 Å². The molecular formula is C11H10ClN3O. The van der Waals surface area contributed by atoms with Gasteiger partial charge in [0.05, 0.1) is 0 Å². The highest BCUT2D eigenvalue weighted by Crippen LogP contribution is 2.19. The average molecular weight is 236 g/mol. The van der Waals surface area contributed by atoms with Gasteiger partial charge in [-0.1, -0.05) is 22.8 Å². The summed E-state index contributed by atoms with van der Waals surface area (Å²) in [4.78, 5) is 4.17. The van der Waals surface area contributed by atoms with Gasteiger partial charge in [-0.05, 0) is 24.3 Å². The van der Waals surface area contributed by atoms with Gasteiger partial charge < -0.3 is 9.84 Å². The molecule has 1 heterocycles. The zero-order valence-corrected chi connectivity index (χ0v) is 9.24. The zero-order chi connectivity index (χ0) is 11.4. The number of benzene rings is 1. The lowest BCUT2D eigenvalue weighted by Gasteiger charge is -1.93. The Labute approximate surface area is 97.9 Å². The highest BCUT2D eigenvalue weighted by molar-refractivity contribution is 6.30. The molecule has 1 aromatic heterocycles. The fourth-order valence-corrected chi connectivity index (χ4v) is 1.30. The van der Waals surface area contributed by atoms with Crippen LogP contribution in [0.1, 0.15) is 0 Å². The molecule has 0 aliphatic heterocycles. The molecule has 16 heavy (non-hydrogen) atoms. The fourth-order valence-electron chi connectivity index (χ4n) is 1.17. The van der Waals surface area contributed by atoms with Crippen LogP contribution >= 0.6 is 11.6 Å². The van der Waals surface area contributed by atoms with Gasteiger partial charge >= 0.3 is 6.01 Å². The van der Waals surface area contributed by atoms with Gasteiger partial charge in [0, 0.05) is 17.1 Å². The maximum Gasteiger partial charge on any atom is 0.322 e. The summed E-state index contributed by atoms with van der Waals surface area (Å²) in [5.74, 6) is 0.531. The Hall–Kier alpha value is -1.81. The molecule has 0 spiro atoms. The number of anilines is 1. The molecule has 0 fully saturated rings. The summed E-state index contributed by atoms with van der Waals surface area (Å²) in [6.07, 6.45) is 1.71. The number of nitrogens with one attached hydrogen (secondary N) is 1. The van der Waals surface area contributed by atoms with Crippen LogP contribution in [0.5, 0.6) is 0 Å². The van der Waals surface area contributed by atoms with E-state index in [9.17, 15) is 0 Å². The predicted molar refractivity (Wildman–Crippen MR) is 63.4 cm³/mol. The lowest BCUT2D eigenvalue weighted by Crippen LogP contribution is -1.97. The lowest BCUT2D eigenvalue weighted by molar-refractivity contribution is 0.433. The van der Waals surface area contributed by atoms with E-state index in [0.717, 1.165) is 5.56 Å². The normalized spacial score (nSPS) is 10.1. The number of aromatic nitrogens is 2. The summed E-state index contributed by atoms with van der Waals surface area (Å²) < 4.78 is 5.00. The predicted octanol–water partition coefficient (Wildman–Crippen LogP) is 2.99. The molecule has 0 bridgehead atoms. The molecule has 0 atom stereocenters. The molecule has 5 heteroatoms. The van der Waals surface area contributed by atoms with E-state index in [1.807, 2.05) is 12.1 Å². The summed E-state index contributed by atoms with van der Waals surface area (Å²) in [7, 11) is 0. The monoisotopic (exact) mass is 235 g/mol. The van der Waals surface area contributed by atoms with Gasteiger partial charge in [-0.2, -0.15) is 4.98 Å². The van der Waals surface area contributed by atoms with Crippen molar-refractivity contribution in [2.24, 2.45) is 0 Å². The van der Waals surface area contributed by atoms with Crippen molar-refractivity contribution < 1.29 is 4.52 Å². The molecule has 4 nitrogen and oxygen atoms in total. The van der Waals surface area contributed by atoms with Crippen LogP contribution in [0.15, 0.2) is 41.4 Å². The van der Waals surface area contributed by atoms with Gasteiger partial charge in [0.25, 0.3) is 0 Å². The van der Waals surface area contributed by atoms with Crippen LogP contribution in [0.25, 0.3) is 11.4 Å². The standard InChI is InChI=1S/C11H10ClN3O/c1-2-7-13-11-14-10(15-16-11)8-3-5-9(12)6-4-8/h2-6H,1,7H2,(H,13,14,15). The maximum absolute atomic E-state index is 5.79. The van der Waals surface area contributed by atoms with Crippen molar-refractivity contribution in [1.29, 1.82) is 0 Å². The van der Waals surface area contributed by atoms with Crippen molar-refractivity contribution in [3.8, 4) is 11.4 Å². The Morgan fingerprint density at radius 2 is 2.12 bits per heavy atom. The van der Waals surface area contributed by atoms with E-state index in [0.29, 0.717) is 23.4 Å². The van der Waals surface area contributed by atoms with E-state index in [1.54, 1.807) is 18.2 Å². The second-order valence-electron chi connectivity index (χ2n) is 3.10.